The second kappa shape index (κ2) is 5.55. The zero-order valence-electron chi connectivity index (χ0n) is 11.7. The molecule has 2 rings (SSSR count). The monoisotopic (exact) mass is 297 g/mol. The molecule has 1 aromatic carbocycles. The summed E-state index contributed by atoms with van der Waals surface area (Å²) in [6.45, 7) is 0. The van der Waals surface area contributed by atoms with Crippen molar-refractivity contribution in [1.82, 2.24) is 15.0 Å². The van der Waals surface area contributed by atoms with Gasteiger partial charge in [0.25, 0.3) is 0 Å². The van der Waals surface area contributed by atoms with Crippen LogP contribution >= 0.6 is 0 Å². The summed E-state index contributed by atoms with van der Waals surface area (Å²) >= 11 is 0. The molecule has 0 saturated carbocycles. The van der Waals surface area contributed by atoms with Gasteiger partial charge in [0.15, 0.2) is 5.82 Å². The van der Waals surface area contributed by atoms with Gasteiger partial charge in [0.1, 0.15) is 0 Å². The van der Waals surface area contributed by atoms with E-state index < -0.39 is 11.7 Å². The molecular formula is C13H14F3N5. The van der Waals surface area contributed by atoms with Gasteiger partial charge in [-0.2, -0.15) is 28.1 Å². The second-order valence-electron chi connectivity index (χ2n) is 4.51. The van der Waals surface area contributed by atoms with Gasteiger partial charge in [0.05, 0.1) is 5.56 Å². The zero-order valence-corrected chi connectivity index (χ0v) is 11.7. The molecule has 0 atom stereocenters. The van der Waals surface area contributed by atoms with Gasteiger partial charge in [-0.25, -0.2) is 0 Å². The molecule has 1 heterocycles. The Bertz CT molecular complexity index is 640. The minimum absolute atomic E-state index is 0.184. The molecule has 21 heavy (non-hydrogen) atoms. The van der Waals surface area contributed by atoms with Crippen LogP contribution in [-0.2, 0) is 6.18 Å². The van der Waals surface area contributed by atoms with E-state index in [1.54, 1.807) is 26.0 Å². The maximum Gasteiger partial charge on any atom is 0.416 e. The molecular weight excluding hydrogens is 283 g/mol. The summed E-state index contributed by atoms with van der Waals surface area (Å²) in [5.74, 6) is 0.840. The molecule has 0 spiro atoms. The molecule has 0 saturated heterocycles. The quantitative estimate of drug-likeness (QED) is 0.944. The Labute approximate surface area is 119 Å². The van der Waals surface area contributed by atoms with Crippen LogP contribution in [0.4, 0.5) is 25.1 Å². The largest absolute Gasteiger partial charge is 0.416 e. The lowest BCUT2D eigenvalue weighted by atomic mass is 10.1. The van der Waals surface area contributed by atoms with Crippen molar-refractivity contribution in [2.24, 2.45) is 0 Å². The standard InChI is InChI=1S/C13H14F3N5/c1-17-11-18-10(19-12(20-11)21(2)3)8-5-4-6-9(7-8)13(14,15)16/h4-7H,1-3H3,(H,17,18,19,20). The van der Waals surface area contributed by atoms with Gasteiger partial charge in [-0.3, -0.25) is 0 Å². The van der Waals surface area contributed by atoms with Crippen molar-refractivity contribution < 1.29 is 13.2 Å². The third-order valence-electron chi connectivity index (χ3n) is 2.70. The molecule has 112 valence electrons. The SMILES string of the molecule is CNc1nc(-c2cccc(C(F)(F)F)c2)nc(N(C)C)n1. The normalized spacial score (nSPS) is 11.3. The van der Waals surface area contributed by atoms with Crippen molar-refractivity contribution >= 4 is 11.9 Å². The van der Waals surface area contributed by atoms with Gasteiger partial charge in [0, 0.05) is 26.7 Å². The van der Waals surface area contributed by atoms with Crippen LogP contribution in [0.1, 0.15) is 5.56 Å². The van der Waals surface area contributed by atoms with Crippen molar-refractivity contribution in [2.45, 2.75) is 6.18 Å². The van der Waals surface area contributed by atoms with Crippen molar-refractivity contribution in [3.63, 3.8) is 0 Å². The van der Waals surface area contributed by atoms with Crippen molar-refractivity contribution in [1.29, 1.82) is 0 Å². The van der Waals surface area contributed by atoms with E-state index in [-0.39, 0.29) is 11.4 Å². The second-order valence-corrected chi connectivity index (χ2v) is 4.51. The van der Waals surface area contributed by atoms with Crippen LogP contribution in [0.5, 0.6) is 0 Å². The average Bonchev–Trinajstić information content (AvgIpc) is 2.46. The highest BCUT2D eigenvalue weighted by molar-refractivity contribution is 5.59. The van der Waals surface area contributed by atoms with Gasteiger partial charge < -0.3 is 10.2 Å². The number of anilines is 2. The fourth-order valence-electron chi connectivity index (χ4n) is 1.64. The number of rotatable bonds is 3. The van der Waals surface area contributed by atoms with E-state index in [0.29, 0.717) is 11.9 Å². The first-order valence-corrected chi connectivity index (χ1v) is 6.10. The van der Waals surface area contributed by atoms with E-state index in [0.717, 1.165) is 12.1 Å². The molecule has 0 bridgehead atoms. The van der Waals surface area contributed by atoms with Crippen molar-refractivity contribution in [3.05, 3.63) is 29.8 Å². The van der Waals surface area contributed by atoms with Crippen molar-refractivity contribution in [2.75, 3.05) is 31.4 Å². The smallest absolute Gasteiger partial charge is 0.357 e. The fourth-order valence-corrected chi connectivity index (χ4v) is 1.64. The van der Waals surface area contributed by atoms with Gasteiger partial charge in [0.2, 0.25) is 11.9 Å². The number of alkyl halides is 3. The topological polar surface area (TPSA) is 53.9 Å². The number of halogens is 3. The number of hydrogen-bond donors (Lipinski definition) is 1. The molecule has 5 nitrogen and oxygen atoms in total. The predicted molar refractivity (Wildman–Crippen MR) is 74.1 cm³/mol. The molecule has 0 aliphatic heterocycles. The Hall–Kier alpha value is -2.38. The Kier molecular flexibility index (Phi) is 3.97. The summed E-state index contributed by atoms with van der Waals surface area (Å²) in [4.78, 5) is 14.0. The molecule has 8 heteroatoms. The number of nitrogens with zero attached hydrogens (tertiary/aromatic N) is 4. The number of benzene rings is 1. The summed E-state index contributed by atoms with van der Waals surface area (Å²) in [6.07, 6.45) is -4.40. The van der Waals surface area contributed by atoms with Crippen LogP contribution in [0, 0.1) is 0 Å². The number of nitrogens with one attached hydrogen (secondary N) is 1. The third-order valence-corrected chi connectivity index (χ3v) is 2.70. The summed E-state index contributed by atoms with van der Waals surface area (Å²) < 4.78 is 38.3. The van der Waals surface area contributed by atoms with Crippen LogP contribution < -0.4 is 10.2 Å². The Morgan fingerprint density at radius 3 is 2.38 bits per heavy atom. The molecule has 1 aromatic heterocycles. The lowest BCUT2D eigenvalue weighted by Crippen LogP contribution is -2.15. The first kappa shape index (κ1) is 15.0. The zero-order chi connectivity index (χ0) is 15.6. The van der Waals surface area contributed by atoms with Gasteiger partial charge in [-0.05, 0) is 12.1 Å². The van der Waals surface area contributed by atoms with E-state index in [1.165, 1.54) is 12.1 Å². The molecule has 2 aromatic rings. The molecule has 0 radical (unpaired) electrons. The highest BCUT2D eigenvalue weighted by Crippen LogP contribution is 2.31. The highest BCUT2D eigenvalue weighted by atomic mass is 19.4. The summed E-state index contributed by atoms with van der Waals surface area (Å²) in [6, 6.07) is 4.89. The summed E-state index contributed by atoms with van der Waals surface area (Å²) in [7, 11) is 5.11. The summed E-state index contributed by atoms with van der Waals surface area (Å²) in [5.41, 5.74) is -0.454. The Balaban J connectivity index is 2.53. The lowest BCUT2D eigenvalue weighted by Gasteiger charge is -2.13. The maximum atomic E-state index is 12.8. The van der Waals surface area contributed by atoms with Crippen LogP contribution in [0.15, 0.2) is 24.3 Å². The van der Waals surface area contributed by atoms with Gasteiger partial charge >= 0.3 is 6.18 Å². The summed E-state index contributed by atoms with van der Waals surface area (Å²) in [5, 5.41) is 2.77. The maximum absolute atomic E-state index is 12.8. The van der Waals surface area contributed by atoms with E-state index in [1.807, 2.05) is 0 Å². The number of hydrogen-bond acceptors (Lipinski definition) is 5. The van der Waals surface area contributed by atoms with E-state index >= 15 is 0 Å². The minimum Gasteiger partial charge on any atom is -0.357 e. The number of aromatic nitrogens is 3. The van der Waals surface area contributed by atoms with Crippen LogP contribution in [0.3, 0.4) is 0 Å². The highest BCUT2D eigenvalue weighted by Gasteiger charge is 2.30. The van der Waals surface area contributed by atoms with E-state index in [2.05, 4.69) is 20.3 Å². The molecule has 0 aliphatic rings. The van der Waals surface area contributed by atoms with Gasteiger partial charge in [-0.1, -0.05) is 12.1 Å². The third kappa shape index (κ3) is 3.39. The molecule has 0 aliphatic carbocycles. The Morgan fingerprint density at radius 2 is 1.81 bits per heavy atom. The lowest BCUT2D eigenvalue weighted by molar-refractivity contribution is -0.137. The molecule has 0 fully saturated rings. The molecule has 0 amide bonds. The first-order chi connectivity index (χ1) is 9.81. The van der Waals surface area contributed by atoms with Crippen molar-refractivity contribution in [3.8, 4) is 11.4 Å². The molecule has 1 N–H and O–H groups in total. The Morgan fingerprint density at radius 1 is 1.10 bits per heavy atom. The minimum atomic E-state index is -4.40. The van der Waals surface area contributed by atoms with Crippen LogP contribution in [0.25, 0.3) is 11.4 Å². The predicted octanol–water partition coefficient (Wildman–Crippen LogP) is 2.67. The fraction of sp³-hybridized carbons (Fsp3) is 0.308. The van der Waals surface area contributed by atoms with Crippen LogP contribution in [0.2, 0.25) is 0 Å². The molecule has 0 unspecified atom stereocenters. The van der Waals surface area contributed by atoms with Gasteiger partial charge in [-0.15, -0.1) is 0 Å². The average molecular weight is 297 g/mol. The first-order valence-electron chi connectivity index (χ1n) is 6.10. The van der Waals surface area contributed by atoms with E-state index in [4.69, 9.17) is 0 Å². The van der Waals surface area contributed by atoms with E-state index in [9.17, 15) is 13.2 Å². The van der Waals surface area contributed by atoms with Crippen LogP contribution in [-0.4, -0.2) is 36.1 Å².